The first-order valence-electron chi connectivity index (χ1n) is 11.0. The number of fused-ring (bicyclic) bond motifs is 1. The molecule has 4 rings (SSSR count). The van der Waals surface area contributed by atoms with Gasteiger partial charge in [0.1, 0.15) is 23.0 Å². The Morgan fingerprint density at radius 1 is 1.12 bits per heavy atom. The molecule has 1 aromatic carbocycles. The summed E-state index contributed by atoms with van der Waals surface area (Å²) in [5, 5.41) is 14.3. The van der Waals surface area contributed by atoms with Gasteiger partial charge in [0, 0.05) is 35.8 Å². The Morgan fingerprint density at radius 2 is 1.79 bits per heavy atom. The molecule has 0 spiro atoms. The summed E-state index contributed by atoms with van der Waals surface area (Å²) in [7, 11) is -3.23. The summed E-state index contributed by atoms with van der Waals surface area (Å²) in [6, 6.07) is 6.06. The first-order chi connectivity index (χ1) is 15.8. The van der Waals surface area contributed by atoms with E-state index >= 15 is 4.39 Å². The van der Waals surface area contributed by atoms with Crippen LogP contribution in [0.5, 0.6) is 0 Å². The molecule has 1 saturated heterocycles. The summed E-state index contributed by atoms with van der Waals surface area (Å²) in [6.45, 7) is 5.73. The molecule has 2 N–H and O–H groups in total. The summed E-state index contributed by atoms with van der Waals surface area (Å²) >= 11 is 0. The van der Waals surface area contributed by atoms with Crippen LogP contribution in [0.15, 0.2) is 30.5 Å². The van der Waals surface area contributed by atoms with Gasteiger partial charge in [-0.05, 0) is 69.0 Å². The highest BCUT2D eigenvalue weighted by molar-refractivity contribution is 7.88. The number of nitrogens with zero attached hydrogens (tertiary/aromatic N) is 3. The summed E-state index contributed by atoms with van der Waals surface area (Å²) in [6.07, 6.45) is 3.45. The molecular weight excluding hydrogens is 462 g/mol. The molecule has 3 aromatic rings. The van der Waals surface area contributed by atoms with Crippen LogP contribution >= 0.6 is 0 Å². The van der Waals surface area contributed by atoms with Crippen molar-refractivity contribution in [2.45, 2.75) is 45.3 Å². The topological polar surface area (TPSA) is 95.4 Å². The third-order valence-electron chi connectivity index (χ3n) is 6.10. The van der Waals surface area contributed by atoms with Crippen LogP contribution in [-0.2, 0) is 15.6 Å². The SMILES string of the molecule is Cc1cc(C(C)(C)O)c2cc(-c3cc(NC4CCN(S(C)(=O)=O)CC4)ncc3F)cc(F)c2n1. The highest BCUT2D eigenvalue weighted by Gasteiger charge is 2.26. The minimum Gasteiger partial charge on any atom is -0.386 e. The molecule has 0 atom stereocenters. The molecule has 0 amide bonds. The summed E-state index contributed by atoms with van der Waals surface area (Å²) in [5.41, 5.74) is 0.402. The van der Waals surface area contributed by atoms with Gasteiger partial charge in [-0.3, -0.25) is 4.98 Å². The number of benzene rings is 1. The van der Waals surface area contributed by atoms with E-state index in [1.165, 1.54) is 22.7 Å². The number of piperidine rings is 1. The van der Waals surface area contributed by atoms with Crippen molar-refractivity contribution >= 4 is 26.7 Å². The van der Waals surface area contributed by atoms with Gasteiger partial charge in [0.15, 0.2) is 0 Å². The average Bonchev–Trinajstić information content (AvgIpc) is 2.74. The largest absolute Gasteiger partial charge is 0.386 e. The molecule has 0 unspecified atom stereocenters. The van der Waals surface area contributed by atoms with Crippen LogP contribution in [0.2, 0.25) is 0 Å². The van der Waals surface area contributed by atoms with E-state index in [0.29, 0.717) is 54.0 Å². The zero-order valence-corrected chi connectivity index (χ0v) is 20.4. The molecule has 7 nitrogen and oxygen atoms in total. The molecular formula is C24H28F2N4O3S. The van der Waals surface area contributed by atoms with E-state index in [4.69, 9.17) is 0 Å². The molecule has 1 aliphatic rings. The van der Waals surface area contributed by atoms with Crippen molar-refractivity contribution in [1.29, 1.82) is 0 Å². The van der Waals surface area contributed by atoms with Crippen molar-refractivity contribution in [2.24, 2.45) is 0 Å². The third-order valence-corrected chi connectivity index (χ3v) is 7.40. The standard InChI is InChI=1S/C24H28F2N4O3S/c1-14-9-19(24(2,3)31)18-10-15(11-20(25)23(18)28-14)17-12-22(27-13-21(17)26)29-16-5-7-30(8-6-16)34(4,32)33/h9-13,16,31H,5-8H2,1-4H3,(H,27,29). The minimum absolute atomic E-state index is 0.0221. The minimum atomic E-state index is -3.23. The normalized spacial score (nSPS) is 16.2. The highest BCUT2D eigenvalue weighted by atomic mass is 32.2. The summed E-state index contributed by atoms with van der Waals surface area (Å²) < 4.78 is 54.7. The summed E-state index contributed by atoms with van der Waals surface area (Å²) in [4.78, 5) is 8.39. The lowest BCUT2D eigenvalue weighted by Crippen LogP contribution is -2.41. The second kappa shape index (κ2) is 8.83. The maximum absolute atomic E-state index is 15.1. The number of aryl methyl sites for hydroxylation is 1. The smallest absolute Gasteiger partial charge is 0.211 e. The van der Waals surface area contributed by atoms with Gasteiger partial charge in [-0.15, -0.1) is 0 Å². The first-order valence-corrected chi connectivity index (χ1v) is 12.9. The number of halogens is 2. The van der Waals surface area contributed by atoms with E-state index < -0.39 is 27.3 Å². The zero-order valence-electron chi connectivity index (χ0n) is 19.6. The Bertz CT molecular complexity index is 1350. The van der Waals surface area contributed by atoms with Crippen LogP contribution in [0.3, 0.4) is 0 Å². The van der Waals surface area contributed by atoms with E-state index in [0.717, 1.165) is 6.20 Å². The molecule has 1 aliphatic heterocycles. The number of aromatic nitrogens is 2. The van der Waals surface area contributed by atoms with Gasteiger partial charge in [0.05, 0.1) is 18.1 Å². The summed E-state index contributed by atoms with van der Waals surface area (Å²) in [5.74, 6) is -0.805. The number of nitrogens with one attached hydrogen (secondary N) is 1. The highest BCUT2D eigenvalue weighted by Crippen LogP contribution is 2.34. The fourth-order valence-electron chi connectivity index (χ4n) is 4.35. The number of aliphatic hydroxyl groups is 1. The van der Waals surface area contributed by atoms with Crippen molar-refractivity contribution in [1.82, 2.24) is 14.3 Å². The maximum atomic E-state index is 15.1. The fraction of sp³-hybridized carbons (Fsp3) is 0.417. The average molecular weight is 491 g/mol. The molecule has 182 valence electrons. The first kappa shape index (κ1) is 24.4. The fourth-order valence-corrected chi connectivity index (χ4v) is 5.23. The van der Waals surface area contributed by atoms with Gasteiger partial charge in [-0.2, -0.15) is 0 Å². The number of hydrogen-bond acceptors (Lipinski definition) is 6. The number of pyridine rings is 2. The second-order valence-corrected chi connectivity index (χ2v) is 11.3. The van der Waals surface area contributed by atoms with Crippen molar-refractivity contribution in [3.05, 3.63) is 53.4 Å². The van der Waals surface area contributed by atoms with Crippen LogP contribution in [-0.4, -0.2) is 53.2 Å². The molecule has 0 aliphatic carbocycles. The maximum Gasteiger partial charge on any atom is 0.211 e. The van der Waals surface area contributed by atoms with Crippen LogP contribution in [0, 0.1) is 18.6 Å². The lowest BCUT2D eigenvalue weighted by molar-refractivity contribution is 0.0800. The van der Waals surface area contributed by atoms with Crippen LogP contribution < -0.4 is 5.32 Å². The van der Waals surface area contributed by atoms with Gasteiger partial charge < -0.3 is 10.4 Å². The van der Waals surface area contributed by atoms with E-state index in [-0.39, 0.29) is 17.1 Å². The zero-order chi connectivity index (χ0) is 24.8. The second-order valence-electron chi connectivity index (χ2n) is 9.35. The van der Waals surface area contributed by atoms with Gasteiger partial charge >= 0.3 is 0 Å². The Balaban J connectivity index is 1.68. The van der Waals surface area contributed by atoms with Crippen LogP contribution in [0.25, 0.3) is 22.0 Å². The van der Waals surface area contributed by atoms with Crippen molar-refractivity contribution in [2.75, 3.05) is 24.7 Å². The molecule has 1 fully saturated rings. The van der Waals surface area contributed by atoms with Gasteiger partial charge in [-0.25, -0.2) is 26.5 Å². The predicted octanol–water partition coefficient (Wildman–Crippen LogP) is 3.95. The Morgan fingerprint density at radius 3 is 2.41 bits per heavy atom. The lowest BCUT2D eigenvalue weighted by atomic mass is 9.92. The third kappa shape index (κ3) is 5.03. The molecule has 0 saturated carbocycles. The Kier molecular flexibility index (Phi) is 6.34. The van der Waals surface area contributed by atoms with Crippen molar-refractivity contribution < 1.29 is 22.3 Å². The number of sulfonamides is 1. The van der Waals surface area contributed by atoms with Gasteiger partial charge in [-0.1, -0.05) is 0 Å². The predicted molar refractivity (Wildman–Crippen MR) is 128 cm³/mol. The number of rotatable bonds is 5. The molecule has 2 aromatic heterocycles. The Labute approximate surface area is 197 Å². The molecule has 34 heavy (non-hydrogen) atoms. The van der Waals surface area contributed by atoms with Crippen LogP contribution in [0.1, 0.15) is 37.9 Å². The van der Waals surface area contributed by atoms with Gasteiger partial charge in [0.2, 0.25) is 10.0 Å². The van der Waals surface area contributed by atoms with Crippen molar-refractivity contribution in [3.63, 3.8) is 0 Å². The van der Waals surface area contributed by atoms with E-state index in [9.17, 15) is 17.9 Å². The van der Waals surface area contributed by atoms with E-state index in [1.54, 1.807) is 32.9 Å². The van der Waals surface area contributed by atoms with Gasteiger partial charge in [0.25, 0.3) is 0 Å². The number of anilines is 1. The van der Waals surface area contributed by atoms with Crippen LogP contribution in [0.4, 0.5) is 14.6 Å². The quantitative estimate of drug-likeness (QED) is 0.563. The van der Waals surface area contributed by atoms with Crippen molar-refractivity contribution in [3.8, 4) is 11.1 Å². The van der Waals surface area contributed by atoms with E-state index in [1.807, 2.05) is 0 Å². The Hall–Kier alpha value is -2.69. The molecule has 0 radical (unpaired) electrons. The molecule has 3 heterocycles. The lowest BCUT2D eigenvalue weighted by Gasteiger charge is -2.31. The monoisotopic (exact) mass is 490 g/mol. The molecule has 0 bridgehead atoms. The number of hydrogen-bond donors (Lipinski definition) is 2. The van der Waals surface area contributed by atoms with E-state index in [2.05, 4.69) is 15.3 Å². The molecule has 10 heteroatoms.